The number of aromatic nitrogens is 6. The zero-order chi connectivity index (χ0) is 24.0. The Morgan fingerprint density at radius 1 is 0.971 bits per heavy atom. The Morgan fingerprint density at radius 3 is 2.66 bits per heavy atom. The summed E-state index contributed by atoms with van der Waals surface area (Å²) in [5.74, 6) is 1.50. The molecular weight excluding hydrogens is 442 g/mol. The number of hydrogen-bond donors (Lipinski definition) is 2. The number of imidazole rings is 1. The molecule has 4 heterocycles. The number of ether oxygens (including phenoxy) is 1. The highest BCUT2D eigenvalue weighted by Gasteiger charge is 2.10. The van der Waals surface area contributed by atoms with Crippen LogP contribution in [0.2, 0.25) is 0 Å². The number of anilines is 1. The third kappa shape index (κ3) is 5.30. The average molecular weight is 470 g/mol. The maximum absolute atomic E-state index is 8.89. The Bertz CT molecular complexity index is 1410. The van der Waals surface area contributed by atoms with Crippen LogP contribution in [0.25, 0.3) is 28.2 Å². The molecule has 0 amide bonds. The number of unbranched alkanes of at least 4 members (excludes halogenated alkanes) is 1. The van der Waals surface area contributed by atoms with Gasteiger partial charge in [-0.25, -0.2) is 15.0 Å². The predicted octanol–water partition coefficient (Wildman–Crippen LogP) is 3.96. The number of fused-ring (bicyclic) bond motifs is 1. The molecular formula is C26H27N7O2. The number of pyridine rings is 1. The van der Waals surface area contributed by atoms with Crippen molar-refractivity contribution in [3.05, 3.63) is 79.1 Å². The summed E-state index contributed by atoms with van der Waals surface area (Å²) < 4.78 is 9.53. The Kier molecular flexibility index (Phi) is 6.67. The highest BCUT2D eigenvalue weighted by molar-refractivity contribution is 5.64. The van der Waals surface area contributed by atoms with Crippen LogP contribution in [0, 0.1) is 0 Å². The van der Waals surface area contributed by atoms with Crippen molar-refractivity contribution in [3.63, 3.8) is 0 Å². The topological polar surface area (TPSA) is 102 Å². The van der Waals surface area contributed by atoms with E-state index in [0.717, 1.165) is 58.1 Å². The molecule has 0 unspecified atom stereocenters. The number of nitrogens with zero attached hydrogens (tertiary/aromatic N) is 6. The van der Waals surface area contributed by atoms with Crippen molar-refractivity contribution >= 4 is 11.5 Å². The second-order valence-electron chi connectivity index (χ2n) is 8.25. The van der Waals surface area contributed by atoms with Crippen LogP contribution in [-0.2, 0) is 13.6 Å². The van der Waals surface area contributed by atoms with Gasteiger partial charge in [0, 0.05) is 50.3 Å². The second kappa shape index (κ2) is 10.4. The van der Waals surface area contributed by atoms with Crippen LogP contribution in [0.15, 0.2) is 73.6 Å². The van der Waals surface area contributed by atoms with E-state index in [4.69, 9.17) is 9.84 Å². The monoisotopic (exact) mass is 469 g/mol. The van der Waals surface area contributed by atoms with Gasteiger partial charge in [0.15, 0.2) is 0 Å². The van der Waals surface area contributed by atoms with Gasteiger partial charge in [0.25, 0.3) is 0 Å². The number of nitrogens with one attached hydrogen (secondary N) is 1. The molecule has 1 aromatic carbocycles. The molecule has 2 N–H and O–H groups in total. The minimum atomic E-state index is 0.181. The number of aliphatic hydroxyl groups excluding tert-OH is 1. The van der Waals surface area contributed by atoms with Crippen molar-refractivity contribution in [2.24, 2.45) is 7.05 Å². The molecule has 5 rings (SSSR count). The molecule has 4 aromatic heterocycles. The number of rotatable bonds is 10. The van der Waals surface area contributed by atoms with Gasteiger partial charge in [-0.3, -0.25) is 9.08 Å². The van der Waals surface area contributed by atoms with Gasteiger partial charge in [-0.1, -0.05) is 24.3 Å². The zero-order valence-corrected chi connectivity index (χ0v) is 19.5. The highest BCUT2D eigenvalue weighted by atomic mass is 16.5. The standard InChI is InChI=1S/C26H27N7O2/c1-32-17-21(15-31-32)20-6-4-19(5-7-20)14-27-25-13-23(29-18-30-25)24-16-28-26-12-22(8-9-33(24)26)35-11-3-2-10-34/h4-9,12-13,15-18,34H,2-3,10-11,14H2,1H3,(H,27,29,30). The fourth-order valence-corrected chi connectivity index (χ4v) is 3.82. The third-order valence-electron chi connectivity index (χ3n) is 5.70. The highest BCUT2D eigenvalue weighted by Crippen LogP contribution is 2.24. The molecule has 0 saturated carbocycles. The Balaban J connectivity index is 1.25. The largest absolute Gasteiger partial charge is 0.493 e. The summed E-state index contributed by atoms with van der Waals surface area (Å²) in [5, 5.41) is 16.5. The van der Waals surface area contributed by atoms with E-state index in [0.29, 0.717) is 13.2 Å². The maximum atomic E-state index is 8.89. The Morgan fingerprint density at radius 2 is 1.86 bits per heavy atom. The van der Waals surface area contributed by atoms with E-state index < -0.39 is 0 Å². The lowest BCUT2D eigenvalue weighted by molar-refractivity contribution is 0.253. The quantitative estimate of drug-likeness (QED) is 0.299. The lowest BCUT2D eigenvalue weighted by Gasteiger charge is -2.09. The summed E-state index contributed by atoms with van der Waals surface area (Å²) in [5.41, 5.74) is 5.82. The van der Waals surface area contributed by atoms with Crippen LogP contribution < -0.4 is 10.1 Å². The van der Waals surface area contributed by atoms with Crippen LogP contribution in [0.4, 0.5) is 5.82 Å². The molecule has 0 spiro atoms. The molecule has 9 heteroatoms. The van der Waals surface area contributed by atoms with Gasteiger partial charge in [0.05, 0.1) is 30.4 Å². The summed E-state index contributed by atoms with van der Waals surface area (Å²) >= 11 is 0. The summed E-state index contributed by atoms with van der Waals surface area (Å²) in [4.78, 5) is 13.3. The SMILES string of the molecule is Cn1cc(-c2ccc(CNc3cc(-c4cnc5cc(OCCCCO)ccn45)ncn3)cc2)cn1. The first kappa shape index (κ1) is 22.5. The molecule has 0 radical (unpaired) electrons. The summed E-state index contributed by atoms with van der Waals surface area (Å²) in [6.07, 6.45) is 10.7. The van der Waals surface area contributed by atoms with Gasteiger partial charge < -0.3 is 15.2 Å². The third-order valence-corrected chi connectivity index (χ3v) is 5.70. The number of benzene rings is 1. The number of hydrogen-bond acceptors (Lipinski definition) is 7. The molecule has 0 fully saturated rings. The van der Waals surface area contributed by atoms with Crippen molar-refractivity contribution in [1.82, 2.24) is 29.1 Å². The molecule has 0 bridgehead atoms. The van der Waals surface area contributed by atoms with Crippen LogP contribution in [-0.4, -0.2) is 47.5 Å². The summed E-state index contributed by atoms with van der Waals surface area (Å²) in [7, 11) is 1.92. The first-order valence-electron chi connectivity index (χ1n) is 11.5. The van der Waals surface area contributed by atoms with E-state index in [2.05, 4.69) is 49.6 Å². The van der Waals surface area contributed by atoms with Crippen LogP contribution in [0.5, 0.6) is 5.75 Å². The van der Waals surface area contributed by atoms with Crippen molar-refractivity contribution in [2.75, 3.05) is 18.5 Å². The van der Waals surface area contributed by atoms with Gasteiger partial charge >= 0.3 is 0 Å². The maximum Gasteiger partial charge on any atom is 0.140 e. The number of aliphatic hydroxyl groups is 1. The normalized spacial score (nSPS) is 11.1. The van der Waals surface area contributed by atoms with Crippen molar-refractivity contribution in [2.45, 2.75) is 19.4 Å². The van der Waals surface area contributed by atoms with Gasteiger partial charge in [-0.15, -0.1) is 0 Å². The number of aryl methyl sites for hydroxylation is 1. The van der Waals surface area contributed by atoms with Crippen LogP contribution in [0.3, 0.4) is 0 Å². The molecule has 35 heavy (non-hydrogen) atoms. The zero-order valence-electron chi connectivity index (χ0n) is 19.5. The van der Waals surface area contributed by atoms with E-state index in [9.17, 15) is 0 Å². The summed E-state index contributed by atoms with van der Waals surface area (Å²) in [6.45, 7) is 1.39. The molecule has 178 valence electrons. The van der Waals surface area contributed by atoms with E-state index in [1.807, 2.05) is 48.2 Å². The Hall–Kier alpha value is -4.24. The van der Waals surface area contributed by atoms with Gasteiger partial charge in [0.2, 0.25) is 0 Å². The predicted molar refractivity (Wildman–Crippen MR) is 134 cm³/mol. The molecule has 5 aromatic rings. The minimum absolute atomic E-state index is 0.181. The van der Waals surface area contributed by atoms with Gasteiger partial charge in [0.1, 0.15) is 23.5 Å². The minimum Gasteiger partial charge on any atom is -0.493 e. The van der Waals surface area contributed by atoms with Gasteiger partial charge in [-0.05, 0) is 30.0 Å². The van der Waals surface area contributed by atoms with Crippen molar-refractivity contribution in [3.8, 4) is 28.3 Å². The average Bonchev–Trinajstić information content (AvgIpc) is 3.52. The molecule has 0 aliphatic carbocycles. The first-order valence-corrected chi connectivity index (χ1v) is 11.5. The fourth-order valence-electron chi connectivity index (χ4n) is 3.82. The smallest absolute Gasteiger partial charge is 0.140 e. The van der Waals surface area contributed by atoms with Crippen molar-refractivity contribution < 1.29 is 9.84 Å². The van der Waals surface area contributed by atoms with E-state index in [-0.39, 0.29) is 6.61 Å². The fraction of sp³-hybridized carbons (Fsp3) is 0.231. The lowest BCUT2D eigenvalue weighted by Crippen LogP contribution is -2.02. The second-order valence-corrected chi connectivity index (χ2v) is 8.25. The molecule has 9 nitrogen and oxygen atoms in total. The first-order chi connectivity index (χ1) is 17.2. The summed E-state index contributed by atoms with van der Waals surface area (Å²) in [6, 6.07) is 14.1. The molecule has 0 saturated heterocycles. The lowest BCUT2D eigenvalue weighted by atomic mass is 10.1. The van der Waals surface area contributed by atoms with Crippen LogP contribution in [0.1, 0.15) is 18.4 Å². The molecule has 0 aliphatic rings. The molecule has 0 aliphatic heterocycles. The van der Waals surface area contributed by atoms with Gasteiger partial charge in [-0.2, -0.15) is 5.10 Å². The Labute approximate surface area is 203 Å². The van der Waals surface area contributed by atoms with Crippen molar-refractivity contribution in [1.29, 1.82) is 0 Å². The van der Waals surface area contributed by atoms with E-state index in [1.54, 1.807) is 17.2 Å². The molecule has 0 atom stereocenters. The van der Waals surface area contributed by atoms with E-state index >= 15 is 0 Å². The van der Waals surface area contributed by atoms with E-state index in [1.165, 1.54) is 0 Å². The van der Waals surface area contributed by atoms with Crippen LogP contribution >= 0.6 is 0 Å².